The molecule has 1 aromatic rings. The summed E-state index contributed by atoms with van der Waals surface area (Å²) >= 11 is 1.17. The van der Waals surface area contributed by atoms with Gasteiger partial charge in [0.25, 0.3) is 0 Å². The highest BCUT2D eigenvalue weighted by Gasteiger charge is 2.28. The van der Waals surface area contributed by atoms with Gasteiger partial charge in [0.2, 0.25) is 0 Å². The van der Waals surface area contributed by atoms with Gasteiger partial charge in [-0.1, -0.05) is 13.8 Å². The number of rotatable bonds is 4. The summed E-state index contributed by atoms with van der Waals surface area (Å²) in [5.41, 5.74) is -0.669. The van der Waals surface area contributed by atoms with Gasteiger partial charge in [-0.05, 0) is 0 Å². The Balaban J connectivity index is 2.94. The molecule has 0 spiro atoms. The van der Waals surface area contributed by atoms with E-state index in [1.54, 1.807) is 13.8 Å². The molecule has 0 saturated carbocycles. The fourth-order valence-electron chi connectivity index (χ4n) is 1.14. The van der Waals surface area contributed by atoms with E-state index >= 15 is 0 Å². The van der Waals surface area contributed by atoms with Gasteiger partial charge < -0.3 is 10.2 Å². The number of aliphatic carboxylic acids is 1. The molecule has 0 saturated heterocycles. The van der Waals surface area contributed by atoms with E-state index < -0.39 is 17.4 Å². The lowest BCUT2D eigenvalue weighted by molar-refractivity contribution is -0.138. The fourth-order valence-corrected chi connectivity index (χ4v) is 2.06. The van der Waals surface area contributed by atoms with Crippen LogP contribution in [0.2, 0.25) is 0 Å². The van der Waals surface area contributed by atoms with E-state index in [-0.39, 0.29) is 12.1 Å². The Labute approximate surface area is 90.4 Å². The SMILES string of the molecule is CC(C)(CC(=O)O)c1nc(C(=O)O)cs1. The van der Waals surface area contributed by atoms with Crippen molar-refractivity contribution in [2.45, 2.75) is 25.7 Å². The predicted octanol–water partition coefficient (Wildman–Crippen LogP) is 1.59. The molecule has 0 amide bonds. The molecule has 5 nitrogen and oxygen atoms in total. The first-order valence-electron chi connectivity index (χ1n) is 4.24. The number of nitrogens with zero attached hydrogens (tertiary/aromatic N) is 1. The van der Waals surface area contributed by atoms with Gasteiger partial charge in [0, 0.05) is 10.8 Å². The molecular weight excluding hydrogens is 218 g/mol. The van der Waals surface area contributed by atoms with Crippen LogP contribution in [-0.2, 0) is 10.2 Å². The summed E-state index contributed by atoms with van der Waals surface area (Å²) < 4.78 is 0. The maximum absolute atomic E-state index is 10.6. The Morgan fingerprint density at radius 1 is 1.47 bits per heavy atom. The van der Waals surface area contributed by atoms with Crippen LogP contribution in [0.5, 0.6) is 0 Å². The zero-order chi connectivity index (χ0) is 11.6. The first-order valence-corrected chi connectivity index (χ1v) is 5.12. The van der Waals surface area contributed by atoms with Crippen molar-refractivity contribution >= 4 is 23.3 Å². The van der Waals surface area contributed by atoms with E-state index in [1.807, 2.05) is 0 Å². The third kappa shape index (κ3) is 2.76. The Hall–Kier alpha value is -1.43. The van der Waals surface area contributed by atoms with Crippen LogP contribution in [0, 0.1) is 0 Å². The number of aromatic carboxylic acids is 1. The third-order valence-corrected chi connectivity index (χ3v) is 3.10. The van der Waals surface area contributed by atoms with Crippen LogP contribution in [-0.4, -0.2) is 27.1 Å². The minimum Gasteiger partial charge on any atom is -0.481 e. The number of thiazole rings is 1. The zero-order valence-corrected chi connectivity index (χ0v) is 9.17. The van der Waals surface area contributed by atoms with Crippen LogP contribution in [0.15, 0.2) is 5.38 Å². The molecule has 0 aliphatic rings. The van der Waals surface area contributed by atoms with Gasteiger partial charge >= 0.3 is 11.9 Å². The Morgan fingerprint density at radius 3 is 2.47 bits per heavy atom. The van der Waals surface area contributed by atoms with Crippen molar-refractivity contribution in [3.63, 3.8) is 0 Å². The third-order valence-electron chi connectivity index (χ3n) is 1.90. The maximum atomic E-state index is 10.6. The number of hydrogen-bond acceptors (Lipinski definition) is 4. The number of carboxylic acids is 2. The van der Waals surface area contributed by atoms with Crippen molar-refractivity contribution < 1.29 is 19.8 Å². The van der Waals surface area contributed by atoms with Crippen LogP contribution >= 0.6 is 11.3 Å². The number of hydrogen-bond donors (Lipinski definition) is 2. The summed E-state index contributed by atoms with van der Waals surface area (Å²) in [7, 11) is 0. The second-order valence-corrected chi connectivity index (χ2v) is 4.66. The molecule has 6 heteroatoms. The maximum Gasteiger partial charge on any atom is 0.355 e. The molecule has 82 valence electrons. The van der Waals surface area contributed by atoms with Crippen LogP contribution in [0.3, 0.4) is 0 Å². The smallest absolute Gasteiger partial charge is 0.355 e. The van der Waals surface area contributed by atoms with E-state index in [4.69, 9.17) is 10.2 Å². The minimum absolute atomic E-state index is 0.0338. The van der Waals surface area contributed by atoms with Gasteiger partial charge in [0.1, 0.15) is 0 Å². The van der Waals surface area contributed by atoms with Crippen LogP contribution < -0.4 is 0 Å². The monoisotopic (exact) mass is 229 g/mol. The summed E-state index contributed by atoms with van der Waals surface area (Å²) in [6, 6.07) is 0. The lowest BCUT2D eigenvalue weighted by Crippen LogP contribution is -2.21. The van der Waals surface area contributed by atoms with Crippen molar-refractivity contribution in [3.8, 4) is 0 Å². The van der Waals surface area contributed by atoms with E-state index in [0.29, 0.717) is 5.01 Å². The molecule has 0 aliphatic carbocycles. The van der Waals surface area contributed by atoms with Gasteiger partial charge in [-0.15, -0.1) is 11.3 Å². The molecule has 0 aromatic carbocycles. The number of aromatic nitrogens is 1. The Bertz CT molecular complexity index is 397. The van der Waals surface area contributed by atoms with E-state index in [0.717, 1.165) is 0 Å². The predicted molar refractivity (Wildman–Crippen MR) is 54.4 cm³/mol. The highest BCUT2D eigenvalue weighted by atomic mass is 32.1. The van der Waals surface area contributed by atoms with E-state index in [2.05, 4.69) is 4.98 Å². The van der Waals surface area contributed by atoms with Gasteiger partial charge in [0.15, 0.2) is 5.69 Å². The average Bonchev–Trinajstić information content (AvgIpc) is 2.48. The Morgan fingerprint density at radius 2 is 2.07 bits per heavy atom. The lowest BCUT2D eigenvalue weighted by atomic mass is 9.90. The summed E-state index contributed by atoms with van der Waals surface area (Å²) in [4.78, 5) is 25.1. The highest BCUT2D eigenvalue weighted by Crippen LogP contribution is 2.29. The molecular formula is C9H11NO4S. The van der Waals surface area contributed by atoms with Crippen molar-refractivity contribution in [1.82, 2.24) is 4.98 Å². The molecule has 0 atom stereocenters. The average molecular weight is 229 g/mol. The zero-order valence-electron chi connectivity index (χ0n) is 8.35. The van der Waals surface area contributed by atoms with Gasteiger partial charge in [-0.25, -0.2) is 9.78 Å². The van der Waals surface area contributed by atoms with Crippen LogP contribution in [0.25, 0.3) is 0 Å². The van der Waals surface area contributed by atoms with Crippen molar-refractivity contribution in [2.75, 3.05) is 0 Å². The quantitative estimate of drug-likeness (QED) is 0.818. The summed E-state index contributed by atoms with van der Waals surface area (Å²) in [5.74, 6) is -2.02. The first-order chi connectivity index (χ1) is 6.83. The van der Waals surface area contributed by atoms with Crippen LogP contribution in [0.1, 0.15) is 35.8 Å². The van der Waals surface area contributed by atoms with Crippen molar-refractivity contribution in [2.24, 2.45) is 0 Å². The molecule has 1 rings (SSSR count). The molecule has 0 aliphatic heterocycles. The van der Waals surface area contributed by atoms with Crippen molar-refractivity contribution in [3.05, 3.63) is 16.1 Å². The second kappa shape index (κ2) is 3.98. The lowest BCUT2D eigenvalue weighted by Gasteiger charge is -2.18. The number of carboxylic acid groups (broad SMARTS) is 2. The molecule has 1 heterocycles. The van der Waals surface area contributed by atoms with E-state index in [1.165, 1.54) is 16.7 Å². The second-order valence-electron chi connectivity index (χ2n) is 3.80. The summed E-state index contributed by atoms with van der Waals surface area (Å²) in [6.07, 6.45) is -0.0699. The normalized spacial score (nSPS) is 11.3. The number of carbonyl (C=O) groups is 2. The molecule has 1 aromatic heterocycles. The van der Waals surface area contributed by atoms with Gasteiger partial charge in [-0.2, -0.15) is 0 Å². The molecule has 0 radical (unpaired) electrons. The van der Waals surface area contributed by atoms with Crippen molar-refractivity contribution in [1.29, 1.82) is 0 Å². The summed E-state index contributed by atoms with van der Waals surface area (Å²) in [6.45, 7) is 3.46. The van der Waals surface area contributed by atoms with Crippen LogP contribution in [0.4, 0.5) is 0 Å². The largest absolute Gasteiger partial charge is 0.481 e. The molecule has 0 unspecified atom stereocenters. The Kier molecular flexibility index (Phi) is 3.09. The van der Waals surface area contributed by atoms with Gasteiger partial charge in [-0.3, -0.25) is 4.79 Å². The first kappa shape index (κ1) is 11.6. The topological polar surface area (TPSA) is 87.5 Å². The highest BCUT2D eigenvalue weighted by molar-refractivity contribution is 7.10. The van der Waals surface area contributed by atoms with E-state index in [9.17, 15) is 9.59 Å². The molecule has 0 fully saturated rings. The fraction of sp³-hybridized carbons (Fsp3) is 0.444. The summed E-state index contributed by atoms with van der Waals surface area (Å²) in [5, 5.41) is 19.3. The molecule has 0 bridgehead atoms. The molecule has 2 N–H and O–H groups in total. The molecule has 15 heavy (non-hydrogen) atoms. The van der Waals surface area contributed by atoms with Gasteiger partial charge in [0.05, 0.1) is 11.4 Å². The minimum atomic E-state index is -1.09. The standard InChI is InChI=1S/C9H11NO4S/c1-9(2,3-6(11)12)8-10-5(4-15-8)7(13)14/h4H,3H2,1-2H3,(H,11,12)(H,13,14).